The monoisotopic (exact) mass is 208 g/mol. The summed E-state index contributed by atoms with van der Waals surface area (Å²) in [4.78, 5) is 0. The predicted octanol–water partition coefficient (Wildman–Crippen LogP) is 3.39. The fourth-order valence-electron chi connectivity index (χ4n) is 0.151. The lowest BCUT2D eigenvalue weighted by Gasteiger charge is -2.10. The van der Waals surface area contributed by atoms with Gasteiger partial charge in [-0.25, -0.2) is 0 Å². The van der Waals surface area contributed by atoms with E-state index in [-0.39, 0.29) is 6.10 Å². The molecule has 0 atom stereocenters. The maximum atomic E-state index is 5.35. The van der Waals surface area contributed by atoms with Gasteiger partial charge in [-0.15, -0.1) is 0 Å². The third-order valence-electron chi connectivity index (χ3n) is 0.335. The van der Waals surface area contributed by atoms with Crippen LogP contribution >= 0.6 is 46.8 Å². The predicted molar refractivity (Wildman–Crippen MR) is 44.1 cm³/mol. The molecule has 9 heavy (non-hydrogen) atoms. The topological polar surface area (TPSA) is 9.23 Å². The zero-order chi connectivity index (χ0) is 7.49. The highest BCUT2D eigenvalue weighted by Gasteiger charge is 2.21. The number of hydrogen-bond donors (Lipinski definition) is 0. The third kappa shape index (κ3) is 9.18. The Kier molecular flexibility index (Phi) is 4.68. The van der Waals surface area contributed by atoms with Crippen LogP contribution in [0.3, 0.4) is 0 Å². The molecule has 0 spiro atoms. The molecular formula is C4H7Cl3OS. The number of alkyl halides is 3. The van der Waals surface area contributed by atoms with Crippen molar-refractivity contribution in [2.45, 2.75) is 23.1 Å². The molecule has 56 valence electrons. The largest absolute Gasteiger partial charge is 0.309 e. The molecule has 0 N–H and O–H groups in total. The van der Waals surface area contributed by atoms with Gasteiger partial charge >= 0.3 is 0 Å². The number of halogens is 3. The van der Waals surface area contributed by atoms with Gasteiger partial charge in [0, 0.05) is 12.0 Å². The van der Waals surface area contributed by atoms with Gasteiger partial charge in [-0.2, -0.15) is 0 Å². The molecule has 0 unspecified atom stereocenters. The molecule has 0 aliphatic rings. The Morgan fingerprint density at radius 3 is 1.89 bits per heavy atom. The van der Waals surface area contributed by atoms with Crippen molar-refractivity contribution in [3.8, 4) is 0 Å². The highest BCUT2D eigenvalue weighted by Crippen LogP contribution is 2.39. The average molecular weight is 210 g/mol. The standard InChI is InChI=1S/C4H7Cl3OS/c1-3(2)8-9-4(5,6)7/h3H,1-2H3. The second-order valence-electron chi connectivity index (χ2n) is 1.67. The van der Waals surface area contributed by atoms with Crippen LogP contribution in [0.25, 0.3) is 0 Å². The maximum Gasteiger partial charge on any atom is 0.262 e. The molecule has 0 amide bonds. The fraction of sp³-hybridized carbons (Fsp3) is 1.00. The van der Waals surface area contributed by atoms with Gasteiger partial charge in [0.2, 0.25) is 0 Å². The summed E-state index contributed by atoms with van der Waals surface area (Å²) >= 11 is 16.9. The summed E-state index contributed by atoms with van der Waals surface area (Å²) in [6.07, 6.45) is 0.0747. The van der Waals surface area contributed by atoms with Crippen molar-refractivity contribution in [2.24, 2.45) is 0 Å². The molecule has 0 aliphatic heterocycles. The molecule has 0 heterocycles. The minimum atomic E-state index is -1.36. The lowest BCUT2D eigenvalue weighted by atomic mass is 10.5. The van der Waals surface area contributed by atoms with Crippen LogP contribution in [-0.2, 0) is 4.18 Å². The van der Waals surface area contributed by atoms with Crippen LogP contribution in [0.4, 0.5) is 0 Å². The van der Waals surface area contributed by atoms with Crippen molar-refractivity contribution in [3.05, 3.63) is 0 Å². The highest BCUT2D eigenvalue weighted by molar-refractivity contribution is 8.00. The fourth-order valence-corrected chi connectivity index (χ4v) is 0.780. The molecule has 0 aromatic carbocycles. The molecule has 0 aromatic heterocycles. The van der Waals surface area contributed by atoms with Gasteiger partial charge in [0.25, 0.3) is 3.12 Å². The van der Waals surface area contributed by atoms with E-state index in [9.17, 15) is 0 Å². The van der Waals surface area contributed by atoms with E-state index in [1.807, 2.05) is 13.8 Å². The van der Waals surface area contributed by atoms with E-state index < -0.39 is 3.12 Å². The van der Waals surface area contributed by atoms with Crippen molar-refractivity contribution < 1.29 is 4.18 Å². The van der Waals surface area contributed by atoms with Crippen LogP contribution in [0.15, 0.2) is 0 Å². The van der Waals surface area contributed by atoms with E-state index in [0.29, 0.717) is 0 Å². The molecule has 0 saturated carbocycles. The summed E-state index contributed by atoms with van der Waals surface area (Å²) in [5.74, 6) is 0. The van der Waals surface area contributed by atoms with Crippen LogP contribution in [-0.4, -0.2) is 9.23 Å². The minimum Gasteiger partial charge on any atom is -0.309 e. The normalized spacial score (nSPS) is 12.7. The average Bonchev–Trinajstić information content (AvgIpc) is 1.59. The smallest absolute Gasteiger partial charge is 0.262 e. The Morgan fingerprint density at radius 1 is 1.33 bits per heavy atom. The number of hydrogen-bond acceptors (Lipinski definition) is 2. The lowest BCUT2D eigenvalue weighted by molar-refractivity contribution is 0.289. The second-order valence-corrected chi connectivity index (χ2v) is 5.60. The molecular weight excluding hydrogens is 202 g/mol. The van der Waals surface area contributed by atoms with Gasteiger partial charge in [-0.1, -0.05) is 34.8 Å². The van der Waals surface area contributed by atoms with E-state index in [0.717, 1.165) is 12.0 Å². The van der Waals surface area contributed by atoms with Gasteiger partial charge in [-0.3, -0.25) is 0 Å². The summed E-state index contributed by atoms with van der Waals surface area (Å²) in [6, 6.07) is 0. The molecule has 0 rings (SSSR count). The summed E-state index contributed by atoms with van der Waals surface area (Å²) in [7, 11) is 0. The Labute approximate surface area is 74.2 Å². The van der Waals surface area contributed by atoms with Gasteiger partial charge in [0.05, 0.1) is 6.10 Å². The SMILES string of the molecule is CC(C)OSC(Cl)(Cl)Cl. The van der Waals surface area contributed by atoms with Crippen molar-refractivity contribution in [1.29, 1.82) is 0 Å². The number of rotatable bonds is 2. The zero-order valence-electron chi connectivity index (χ0n) is 5.03. The van der Waals surface area contributed by atoms with Gasteiger partial charge < -0.3 is 4.18 Å². The van der Waals surface area contributed by atoms with Crippen molar-refractivity contribution in [2.75, 3.05) is 0 Å². The molecule has 0 radical (unpaired) electrons. The summed E-state index contributed by atoms with van der Waals surface area (Å²) in [6.45, 7) is 3.73. The molecule has 5 heteroatoms. The second kappa shape index (κ2) is 4.14. The highest BCUT2D eigenvalue weighted by atomic mass is 35.6. The van der Waals surface area contributed by atoms with Crippen LogP contribution in [0.1, 0.15) is 13.8 Å². The summed E-state index contributed by atoms with van der Waals surface area (Å²) in [5, 5.41) is 0. The first kappa shape index (κ1) is 10.2. The van der Waals surface area contributed by atoms with Crippen molar-refractivity contribution in [3.63, 3.8) is 0 Å². The van der Waals surface area contributed by atoms with E-state index in [4.69, 9.17) is 39.0 Å². The Balaban J connectivity index is 3.28. The summed E-state index contributed by atoms with van der Waals surface area (Å²) in [5.41, 5.74) is 0. The van der Waals surface area contributed by atoms with Crippen LogP contribution in [0, 0.1) is 0 Å². The van der Waals surface area contributed by atoms with Crippen molar-refractivity contribution in [1.82, 2.24) is 0 Å². The van der Waals surface area contributed by atoms with E-state index >= 15 is 0 Å². The lowest BCUT2D eigenvalue weighted by Crippen LogP contribution is -2.01. The van der Waals surface area contributed by atoms with Gasteiger partial charge in [-0.05, 0) is 13.8 Å². The quantitative estimate of drug-likeness (QED) is 0.509. The molecule has 0 aliphatic carbocycles. The molecule has 0 fully saturated rings. The first-order valence-corrected chi connectivity index (χ1v) is 4.20. The molecule has 0 bridgehead atoms. The third-order valence-corrected chi connectivity index (χ3v) is 1.57. The Morgan fingerprint density at radius 2 is 1.78 bits per heavy atom. The van der Waals surface area contributed by atoms with Gasteiger partial charge in [0.15, 0.2) is 0 Å². The van der Waals surface area contributed by atoms with E-state index in [1.54, 1.807) is 0 Å². The Bertz CT molecular complexity index is 80.4. The first-order valence-electron chi connectivity index (χ1n) is 2.33. The molecule has 0 aromatic rings. The molecule has 0 saturated heterocycles. The van der Waals surface area contributed by atoms with Crippen LogP contribution in [0.5, 0.6) is 0 Å². The Hall–Kier alpha value is 1.18. The minimum absolute atomic E-state index is 0.0747. The summed E-state index contributed by atoms with van der Waals surface area (Å²) < 4.78 is 3.57. The van der Waals surface area contributed by atoms with Crippen LogP contribution < -0.4 is 0 Å². The zero-order valence-corrected chi connectivity index (χ0v) is 8.11. The van der Waals surface area contributed by atoms with E-state index in [2.05, 4.69) is 0 Å². The first-order chi connectivity index (χ1) is 3.92. The maximum absolute atomic E-state index is 5.35. The van der Waals surface area contributed by atoms with E-state index in [1.165, 1.54) is 0 Å². The van der Waals surface area contributed by atoms with Gasteiger partial charge in [0.1, 0.15) is 0 Å². The van der Waals surface area contributed by atoms with Crippen LogP contribution in [0.2, 0.25) is 0 Å². The van der Waals surface area contributed by atoms with Crippen molar-refractivity contribution >= 4 is 46.8 Å². The molecule has 1 nitrogen and oxygen atoms in total.